The summed E-state index contributed by atoms with van der Waals surface area (Å²) >= 11 is 0. The van der Waals surface area contributed by atoms with Gasteiger partial charge in [0.1, 0.15) is 12.1 Å². The molecule has 1 N–H and O–H groups in total. The quantitative estimate of drug-likeness (QED) is 0.713. The Morgan fingerprint density at radius 2 is 1.88 bits per heavy atom. The summed E-state index contributed by atoms with van der Waals surface area (Å²) in [4.78, 5) is 8.29. The number of benzene rings is 2. The van der Waals surface area contributed by atoms with Gasteiger partial charge in [-0.3, -0.25) is 0 Å². The predicted octanol–water partition coefficient (Wildman–Crippen LogP) is 2.93. The van der Waals surface area contributed by atoms with E-state index in [9.17, 15) is 12.8 Å². The standard InChI is InChI=1S/C18H18FN3O3S/c1-25-17-7-14-16(8-15(17)19)21-11-22-18(14)20-9-12-5-3-4-6-13(12)10-26(2,23)24/h3-8,11H,9-10H2,1-2H3,(H,20,21,22). The van der Waals surface area contributed by atoms with Crippen molar-refractivity contribution < 1.29 is 17.5 Å². The number of nitrogens with zero attached hydrogens (tertiary/aromatic N) is 2. The van der Waals surface area contributed by atoms with Crippen molar-refractivity contribution >= 4 is 26.6 Å². The molecule has 0 fully saturated rings. The summed E-state index contributed by atoms with van der Waals surface area (Å²) in [6.07, 6.45) is 2.55. The van der Waals surface area contributed by atoms with Crippen LogP contribution in [0.2, 0.25) is 0 Å². The lowest BCUT2D eigenvalue weighted by Crippen LogP contribution is -2.08. The number of sulfone groups is 1. The number of aromatic nitrogens is 2. The first kappa shape index (κ1) is 18.1. The number of nitrogens with one attached hydrogen (secondary N) is 1. The normalized spacial score (nSPS) is 11.5. The fraction of sp³-hybridized carbons (Fsp3) is 0.222. The monoisotopic (exact) mass is 375 g/mol. The van der Waals surface area contributed by atoms with Crippen molar-refractivity contribution in [2.45, 2.75) is 12.3 Å². The fourth-order valence-corrected chi connectivity index (χ4v) is 3.53. The van der Waals surface area contributed by atoms with Crippen LogP contribution in [0, 0.1) is 5.82 Å². The summed E-state index contributed by atoms with van der Waals surface area (Å²) in [6, 6.07) is 10.1. The van der Waals surface area contributed by atoms with E-state index in [4.69, 9.17) is 4.74 Å². The van der Waals surface area contributed by atoms with Crippen LogP contribution in [0.15, 0.2) is 42.7 Å². The maximum Gasteiger partial charge on any atom is 0.167 e. The SMILES string of the molecule is COc1cc2c(NCc3ccccc3CS(C)(=O)=O)ncnc2cc1F. The minimum absolute atomic E-state index is 0.0333. The Kier molecular flexibility index (Phi) is 5.03. The number of anilines is 1. The summed E-state index contributed by atoms with van der Waals surface area (Å²) in [5.41, 5.74) is 2.02. The number of methoxy groups -OCH3 is 1. The molecule has 6 nitrogen and oxygen atoms in total. The van der Waals surface area contributed by atoms with E-state index >= 15 is 0 Å². The smallest absolute Gasteiger partial charge is 0.167 e. The van der Waals surface area contributed by atoms with Crippen LogP contribution in [0.5, 0.6) is 5.75 Å². The molecule has 0 saturated carbocycles. The van der Waals surface area contributed by atoms with E-state index in [2.05, 4.69) is 15.3 Å². The minimum atomic E-state index is -3.14. The topological polar surface area (TPSA) is 81.2 Å². The van der Waals surface area contributed by atoms with Gasteiger partial charge in [0.2, 0.25) is 0 Å². The van der Waals surface area contributed by atoms with Crippen molar-refractivity contribution in [3.63, 3.8) is 0 Å². The highest BCUT2D eigenvalue weighted by Gasteiger charge is 2.12. The van der Waals surface area contributed by atoms with E-state index in [0.717, 1.165) is 11.1 Å². The lowest BCUT2D eigenvalue weighted by Gasteiger charge is -2.12. The molecule has 8 heteroatoms. The molecule has 0 saturated heterocycles. The van der Waals surface area contributed by atoms with Crippen LogP contribution >= 0.6 is 0 Å². The molecule has 0 bridgehead atoms. The van der Waals surface area contributed by atoms with Crippen LogP contribution in [0.4, 0.5) is 10.2 Å². The highest BCUT2D eigenvalue weighted by Crippen LogP contribution is 2.27. The molecule has 0 unspecified atom stereocenters. The number of rotatable bonds is 6. The average Bonchev–Trinajstić information content (AvgIpc) is 2.59. The van der Waals surface area contributed by atoms with Gasteiger partial charge in [-0.2, -0.15) is 0 Å². The van der Waals surface area contributed by atoms with Gasteiger partial charge in [0.05, 0.1) is 18.4 Å². The molecule has 2 aromatic carbocycles. The zero-order valence-electron chi connectivity index (χ0n) is 14.4. The minimum Gasteiger partial charge on any atom is -0.494 e. The van der Waals surface area contributed by atoms with Crippen molar-refractivity contribution in [3.05, 3.63) is 59.7 Å². The van der Waals surface area contributed by atoms with Crippen LogP contribution < -0.4 is 10.1 Å². The molecule has 0 amide bonds. The van der Waals surface area contributed by atoms with E-state index < -0.39 is 15.7 Å². The van der Waals surface area contributed by atoms with Crippen molar-refractivity contribution in [3.8, 4) is 5.75 Å². The molecule has 136 valence electrons. The first-order chi connectivity index (χ1) is 12.4. The van der Waals surface area contributed by atoms with Crippen LogP contribution in [0.25, 0.3) is 10.9 Å². The lowest BCUT2D eigenvalue weighted by atomic mass is 10.1. The van der Waals surface area contributed by atoms with E-state index in [1.54, 1.807) is 12.1 Å². The van der Waals surface area contributed by atoms with Gasteiger partial charge in [-0.15, -0.1) is 0 Å². The summed E-state index contributed by atoms with van der Waals surface area (Å²) < 4.78 is 42.1. The Labute approximate surface area is 151 Å². The maximum atomic E-state index is 13.9. The summed E-state index contributed by atoms with van der Waals surface area (Å²) in [5.74, 6) is 0.0902. The summed E-state index contributed by atoms with van der Waals surface area (Å²) in [7, 11) is -1.75. The largest absolute Gasteiger partial charge is 0.494 e. The zero-order chi connectivity index (χ0) is 18.7. The number of ether oxygens (including phenoxy) is 1. The van der Waals surface area contributed by atoms with Gasteiger partial charge in [0.25, 0.3) is 0 Å². The Bertz CT molecular complexity index is 1050. The van der Waals surface area contributed by atoms with Crippen molar-refractivity contribution in [2.75, 3.05) is 18.7 Å². The number of fused-ring (bicyclic) bond motifs is 1. The molecule has 0 spiro atoms. The van der Waals surface area contributed by atoms with Gasteiger partial charge >= 0.3 is 0 Å². The maximum absolute atomic E-state index is 13.9. The molecule has 3 aromatic rings. The predicted molar refractivity (Wildman–Crippen MR) is 98.4 cm³/mol. The van der Waals surface area contributed by atoms with Gasteiger partial charge in [0, 0.05) is 24.3 Å². The molecule has 0 aliphatic heterocycles. The van der Waals surface area contributed by atoms with Crippen molar-refractivity contribution in [2.24, 2.45) is 0 Å². The summed E-state index contributed by atoms with van der Waals surface area (Å²) in [5, 5.41) is 3.79. The van der Waals surface area contributed by atoms with Gasteiger partial charge in [-0.25, -0.2) is 22.8 Å². The molecule has 0 aliphatic rings. The lowest BCUT2D eigenvalue weighted by molar-refractivity contribution is 0.387. The van der Waals surface area contributed by atoms with E-state index in [1.165, 1.54) is 31.8 Å². The zero-order valence-corrected chi connectivity index (χ0v) is 15.2. The second kappa shape index (κ2) is 7.25. The Balaban J connectivity index is 1.91. The van der Waals surface area contributed by atoms with Gasteiger partial charge in [-0.1, -0.05) is 24.3 Å². The number of hydrogen-bond donors (Lipinski definition) is 1. The first-order valence-corrected chi connectivity index (χ1v) is 9.90. The Morgan fingerprint density at radius 3 is 2.58 bits per heavy atom. The molecule has 0 atom stereocenters. The van der Waals surface area contributed by atoms with Gasteiger partial charge in [-0.05, 0) is 17.2 Å². The van der Waals surface area contributed by atoms with Gasteiger partial charge in [0.15, 0.2) is 21.4 Å². The molecular weight excluding hydrogens is 357 g/mol. The highest BCUT2D eigenvalue weighted by atomic mass is 32.2. The van der Waals surface area contributed by atoms with E-state index in [-0.39, 0.29) is 11.5 Å². The van der Waals surface area contributed by atoms with Crippen molar-refractivity contribution in [1.29, 1.82) is 0 Å². The Morgan fingerprint density at radius 1 is 1.15 bits per heavy atom. The third-order valence-electron chi connectivity index (χ3n) is 3.89. The number of hydrogen-bond acceptors (Lipinski definition) is 6. The van der Waals surface area contributed by atoms with E-state index in [1.807, 2.05) is 12.1 Å². The second-order valence-electron chi connectivity index (χ2n) is 5.92. The van der Waals surface area contributed by atoms with Gasteiger partial charge < -0.3 is 10.1 Å². The molecule has 1 aromatic heterocycles. The molecular formula is C18H18FN3O3S. The van der Waals surface area contributed by atoms with Crippen LogP contribution in [-0.4, -0.2) is 31.8 Å². The highest BCUT2D eigenvalue weighted by molar-refractivity contribution is 7.89. The second-order valence-corrected chi connectivity index (χ2v) is 8.06. The Hall–Kier alpha value is -2.74. The molecule has 3 rings (SSSR count). The fourth-order valence-electron chi connectivity index (χ4n) is 2.69. The third kappa shape index (κ3) is 4.08. The molecule has 0 aliphatic carbocycles. The summed E-state index contributed by atoms with van der Waals surface area (Å²) in [6.45, 7) is 0.373. The van der Waals surface area contributed by atoms with Crippen molar-refractivity contribution in [1.82, 2.24) is 9.97 Å². The molecule has 1 heterocycles. The molecule has 26 heavy (non-hydrogen) atoms. The molecule has 0 radical (unpaired) electrons. The van der Waals surface area contributed by atoms with Crippen LogP contribution in [-0.2, 0) is 22.1 Å². The van der Waals surface area contributed by atoms with Crippen LogP contribution in [0.3, 0.4) is 0 Å². The van der Waals surface area contributed by atoms with E-state index in [0.29, 0.717) is 23.3 Å². The average molecular weight is 375 g/mol. The van der Waals surface area contributed by atoms with Crippen LogP contribution in [0.1, 0.15) is 11.1 Å². The number of halogens is 1. The third-order valence-corrected chi connectivity index (χ3v) is 4.73. The first-order valence-electron chi connectivity index (χ1n) is 7.84.